The highest BCUT2D eigenvalue weighted by Gasteiger charge is 2.31. The lowest BCUT2D eigenvalue weighted by molar-refractivity contribution is -0.00245. The number of ether oxygens (including phenoxy) is 1. The molecular weight excluding hydrogens is 242 g/mol. The SMILES string of the molecule is CCCn1ncc(CN2C[C@H](OCC)[C@@H](O)C2)c1C. The summed E-state index contributed by atoms with van der Waals surface area (Å²) >= 11 is 0. The molecule has 0 aliphatic carbocycles. The van der Waals surface area contributed by atoms with Crippen molar-refractivity contribution in [3.8, 4) is 0 Å². The number of aryl methyl sites for hydroxylation is 1. The van der Waals surface area contributed by atoms with Crippen LogP contribution in [0, 0.1) is 6.92 Å². The molecule has 1 aromatic heterocycles. The Morgan fingerprint density at radius 2 is 2.21 bits per heavy atom. The van der Waals surface area contributed by atoms with E-state index in [1.54, 1.807) is 0 Å². The average molecular weight is 267 g/mol. The topological polar surface area (TPSA) is 50.5 Å². The normalized spacial score (nSPS) is 24.2. The maximum Gasteiger partial charge on any atom is 0.0972 e. The second-order valence-electron chi connectivity index (χ2n) is 5.23. The maximum atomic E-state index is 9.94. The van der Waals surface area contributed by atoms with Gasteiger partial charge in [0.05, 0.1) is 18.4 Å². The molecule has 0 radical (unpaired) electrons. The number of aliphatic hydroxyl groups excluding tert-OH is 1. The summed E-state index contributed by atoms with van der Waals surface area (Å²) in [6, 6.07) is 0. The van der Waals surface area contributed by atoms with Crippen molar-refractivity contribution in [2.75, 3.05) is 19.7 Å². The van der Waals surface area contributed by atoms with E-state index in [0.29, 0.717) is 13.2 Å². The van der Waals surface area contributed by atoms with E-state index in [2.05, 4.69) is 28.5 Å². The van der Waals surface area contributed by atoms with Gasteiger partial charge >= 0.3 is 0 Å². The summed E-state index contributed by atoms with van der Waals surface area (Å²) in [5.74, 6) is 0. The van der Waals surface area contributed by atoms with Crippen molar-refractivity contribution in [2.24, 2.45) is 0 Å². The highest BCUT2D eigenvalue weighted by Crippen LogP contribution is 2.18. The summed E-state index contributed by atoms with van der Waals surface area (Å²) in [7, 11) is 0. The van der Waals surface area contributed by atoms with Crippen molar-refractivity contribution in [3.05, 3.63) is 17.5 Å². The maximum absolute atomic E-state index is 9.94. The Balaban J connectivity index is 1.95. The molecule has 0 aromatic carbocycles. The van der Waals surface area contributed by atoms with Crippen molar-refractivity contribution in [1.82, 2.24) is 14.7 Å². The zero-order valence-corrected chi connectivity index (χ0v) is 12.2. The Morgan fingerprint density at radius 1 is 1.42 bits per heavy atom. The van der Waals surface area contributed by atoms with Gasteiger partial charge in [-0.1, -0.05) is 6.92 Å². The van der Waals surface area contributed by atoms with Gasteiger partial charge in [-0.2, -0.15) is 5.10 Å². The Hall–Kier alpha value is -0.910. The van der Waals surface area contributed by atoms with Gasteiger partial charge in [0.15, 0.2) is 0 Å². The molecule has 0 amide bonds. The van der Waals surface area contributed by atoms with E-state index < -0.39 is 0 Å². The first-order chi connectivity index (χ1) is 9.15. The van der Waals surface area contributed by atoms with E-state index in [9.17, 15) is 5.11 Å². The molecule has 1 fully saturated rings. The predicted octanol–water partition coefficient (Wildman–Crippen LogP) is 1.18. The molecule has 0 unspecified atom stereocenters. The number of likely N-dealkylation sites (tertiary alicyclic amines) is 1. The van der Waals surface area contributed by atoms with Crippen molar-refractivity contribution in [1.29, 1.82) is 0 Å². The minimum Gasteiger partial charge on any atom is -0.389 e. The van der Waals surface area contributed by atoms with Gasteiger partial charge in [0.25, 0.3) is 0 Å². The fourth-order valence-electron chi connectivity index (χ4n) is 2.66. The Bertz CT molecular complexity index is 405. The number of nitrogens with zero attached hydrogens (tertiary/aromatic N) is 3. The lowest BCUT2D eigenvalue weighted by Crippen LogP contribution is -2.26. The molecule has 2 heterocycles. The third kappa shape index (κ3) is 3.35. The molecule has 0 saturated carbocycles. The highest BCUT2D eigenvalue weighted by molar-refractivity contribution is 5.16. The average Bonchev–Trinajstić information content (AvgIpc) is 2.88. The number of β-amino-alcohol motifs (C(OH)–C–C–N with tert-alkyl or cyclic N) is 1. The zero-order chi connectivity index (χ0) is 13.8. The third-order valence-corrected chi connectivity index (χ3v) is 3.73. The van der Waals surface area contributed by atoms with E-state index >= 15 is 0 Å². The Kier molecular flexibility index (Phi) is 4.96. The molecule has 2 rings (SSSR count). The molecular formula is C14H25N3O2. The number of hydrogen-bond donors (Lipinski definition) is 1. The standard InChI is InChI=1S/C14H25N3O2/c1-4-6-17-11(3)12(7-15-17)8-16-9-13(18)14(10-16)19-5-2/h7,13-14,18H,4-6,8-10H2,1-3H3/t13-,14-/m0/s1. The minimum atomic E-state index is -0.369. The smallest absolute Gasteiger partial charge is 0.0972 e. The van der Waals surface area contributed by atoms with E-state index in [1.165, 1.54) is 11.3 Å². The molecule has 1 aliphatic heterocycles. The van der Waals surface area contributed by atoms with E-state index in [-0.39, 0.29) is 12.2 Å². The summed E-state index contributed by atoms with van der Waals surface area (Å²) in [5.41, 5.74) is 2.48. The van der Waals surface area contributed by atoms with Crippen LogP contribution in [0.25, 0.3) is 0 Å². The molecule has 5 heteroatoms. The molecule has 1 N–H and O–H groups in total. The van der Waals surface area contributed by atoms with Gasteiger partial charge in [-0.15, -0.1) is 0 Å². The Labute approximate surface area is 115 Å². The van der Waals surface area contributed by atoms with Gasteiger partial charge < -0.3 is 9.84 Å². The van der Waals surface area contributed by atoms with Gasteiger partial charge in [0.1, 0.15) is 0 Å². The third-order valence-electron chi connectivity index (χ3n) is 3.73. The fraction of sp³-hybridized carbons (Fsp3) is 0.786. The van der Waals surface area contributed by atoms with Crippen LogP contribution in [0.2, 0.25) is 0 Å². The monoisotopic (exact) mass is 267 g/mol. The van der Waals surface area contributed by atoms with Gasteiger partial charge in [0, 0.05) is 44.0 Å². The van der Waals surface area contributed by atoms with Crippen LogP contribution >= 0.6 is 0 Å². The molecule has 0 bridgehead atoms. The van der Waals surface area contributed by atoms with Crippen LogP contribution in [-0.2, 0) is 17.8 Å². The molecule has 0 spiro atoms. The van der Waals surface area contributed by atoms with Crippen LogP contribution in [0.1, 0.15) is 31.5 Å². The molecule has 108 valence electrons. The Morgan fingerprint density at radius 3 is 2.89 bits per heavy atom. The van der Waals surface area contributed by atoms with Crippen LogP contribution in [-0.4, -0.2) is 51.7 Å². The van der Waals surface area contributed by atoms with Crippen LogP contribution in [0.5, 0.6) is 0 Å². The predicted molar refractivity (Wildman–Crippen MR) is 74.0 cm³/mol. The number of rotatable bonds is 6. The first-order valence-corrected chi connectivity index (χ1v) is 7.19. The zero-order valence-electron chi connectivity index (χ0n) is 12.2. The van der Waals surface area contributed by atoms with Crippen LogP contribution in [0.4, 0.5) is 0 Å². The summed E-state index contributed by atoms with van der Waals surface area (Å²) in [5, 5.41) is 14.4. The molecule has 1 aromatic rings. The van der Waals surface area contributed by atoms with Crippen LogP contribution in [0.3, 0.4) is 0 Å². The van der Waals surface area contributed by atoms with E-state index in [0.717, 1.165) is 26.1 Å². The summed E-state index contributed by atoms with van der Waals surface area (Å²) < 4.78 is 7.60. The highest BCUT2D eigenvalue weighted by atomic mass is 16.5. The first-order valence-electron chi connectivity index (χ1n) is 7.19. The van der Waals surface area contributed by atoms with Crippen LogP contribution < -0.4 is 0 Å². The van der Waals surface area contributed by atoms with E-state index in [4.69, 9.17) is 4.74 Å². The van der Waals surface area contributed by atoms with E-state index in [1.807, 2.05) is 13.1 Å². The number of aromatic nitrogens is 2. The fourth-order valence-corrected chi connectivity index (χ4v) is 2.66. The van der Waals surface area contributed by atoms with Crippen molar-refractivity contribution < 1.29 is 9.84 Å². The first kappa shape index (κ1) is 14.5. The van der Waals surface area contributed by atoms with Gasteiger partial charge in [0.2, 0.25) is 0 Å². The summed E-state index contributed by atoms with van der Waals surface area (Å²) in [6.45, 7) is 10.2. The quantitative estimate of drug-likeness (QED) is 0.841. The van der Waals surface area contributed by atoms with Gasteiger partial charge in [-0.05, 0) is 20.3 Å². The molecule has 2 atom stereocenters. The molecule has 5 nitrogen and oxygen atoms in total. The largest absolute Gasteiger partial charge is 0.389 e. The lowest BCUT2D eigenvalue weighted by atomic mass is 10.2. The molecule has 1 saturated heterocycles. The second kappa shape index (κ2) is 6.50. The molecule has 1 aliphatic rings. The summed E-state index contributed by atoms with van der Waals surface area (Å²) in [4.78, 5) is 2.24. The van der Waals surface area contributed by atoms with Gasteiger partial charge in [-0.3, -0.25) is 9.58 Å². The van der Waals surface area contributed by atoms with Crippen molar-refractivity contribution >= 4 is 0 Å². The lowest BCUT2D eigenvalue weighted by Gasteiger charge is -2.15. The van der Waals surface area contributed by atoms with Crippen molar-refractivity contribution in [2.45, 2.75) is 52.5 Å². The minimum absolute atomic E-state index is 0.0454. The van der Waals surface area contributed by atoms with Crippen molar-refractivity contribution in [3.63, 3.8) is 0 Å². The van der Waals surface area contributed by atoms with Gasteiger partial charge in [-0.25, -0.2) is 0 Å². The number of hydrogen-bond acceptors (Lipinski definition) is 4. The summed E-state index contributed by atoms with van der Waals surface area (Å²) in [6.07, 6.45) is 2.63. The van der Waals surface area contributed by atoms with Crippen LogP contribution in [0.15, 0.2) is 6.20 Å². The number of aliphatic hydroxyl groups is 1. The molecule has 19 heavy (non-hydrogen) atoms. The second-order valence-corrected chi connectivity index (χ2v) is 5.23.